The number of nitrogens with two attached hydrogens (primary N) is 1. The van der Waals surface area contributed by atoms with Crippen molar-refractivity contribution < 1.29 is 9.53 Å². The Morgan fingerprint density at radius 1 is 1.24 bits per heavy atom. The first-order valence-electron chi connectivity index (χ1n) is 13.3. The van der Waals surface area contributed by atoms with Crippen molar-refractivity contribution >= 4 is 22.8 Å². The van der Waals surface area contributed by atoms with Gasteiger partial charge in [0.1, 0.15) is 29.3 Å². The van der Waals surface area contributed by atoms with Crippen molar-refractivity contribution in [2.45, 2.75) is 52.5 Å². The van der Waals surface area contributed by atoms with E-state index < -0.39 is 0 Å². The fourth-order valence-electron chi connectivity index (χ4n) is 5.39. The molecule has 1 aliphatic carbocycles. The molecule has 0 bridgehead atoms. The summed E-state index contributed by atoms with van der Waals surface area (Å²) < 4.78 is 7.97. The molecule has 2 aromatic heterocycles. The lowest BCUT2D eigenvalue weighted by molar-refractivity contribution is -0.126. The molecule has 1 amide bonds. The molecule has 198 valence electrons. The standard InChI is InChI=1S/C30H36N6O2/c1-5-25(37)35-16-15-30(4,20(2)3)17-22(18-35)36-29-26(28(31)32-19-33-29)27(34-36)21-11-13-24(14-12-21)38-23-9-7-6-8-10-23/h5,7,9-14,19-20,22H,1,6,8,15-18H2,2-4H3,(H2,31,32,33). The minimum atomic E-state index is -0.0769. The number of benzene rings is 1. The molecule has 0 saturated carbocycles. The Balaban J connectivity index is 1.55. The highest BCUT2D eigenvalue weighted by molar-refractivity contribution is 5.98. The molecule has 38 heavy (non-hydrogen) atoms. The third-order valence-corrected chi connectivity index (χ3v) is 8.15. The van der Waals surface area contributed by atoms with Crippen molar-refractivity contribution in [2.24, 2.45) is 11.3 Å². The summed E-state index contributed by atoms with van der Waals surface area (Å²) in [6.45, 7) is 11.7. The average Bonchev–Trinajstić information content (AvgIpc) is 3.22. The number of hydrogen-bond donors (Lipinski definition) is 1. The Hall–Kier alpha value is -3.94. The number of anilines is 1. The summed E-state index contributed by atoms with van der Waals surface area (Å²) in [6, 6.07) is 7.77. The van der Waals surface area contributed by atoms with E-state index in [4.69, 9.17) is 15.6 Å². The van der Waals surface area contributed by atoms with E-state index in [2.05, 4.69) is 49.5 Å². The molecule has 2 aliphatic rings. The second-order valence-electron chi connectivity index (χ2n) is 10.9. The molecule has 0 spiro atoms. The number of amides is 1. The Bertz CT molecular complexity index is 1400. The largest absolute Gasteiger partial charge is 0.458 e. The van der Waals surface area contributed by atoms with Crippen LogP contribution in [0.5, 0.6) is 5.75 Å². The fourth-order valence-corrected chi connectivity index (χ4v) is 5.39. The maximum absolute atomic E-state index is 12.7. The third-order valence-electron chi connectivity index (χ3n) is 8.15. The van der Waals surface area contributed by atoms with Crippen LogP contribution in [0.3, 0.4) is 0 Å². The number of carbonyl (C=O) groups excluding carboxylic acids is 1. The van der Waals surface area contributed by atoms with E-state index in [1.165, 1.54) is 12.4 Å². The van der Waals surface area contributed by atoms with Crippen molar-refractivity contribution in [3.8, 4) is 17.0 Å². The smallest absolute Gasteiger partial charge is 0.246 e. The molecule has 2 atom stereocenters. The van der Waals surface area contributed by atoms with Crippen LogP contribution >= 0.6 is 0 Å². The van der Waals surface area contributed by atoms with Crippen molar-refractivity contribution in [2.75, 3.05) is 18.8 Å². The Kier molecular flexibility index (Phi) is 7.06. The van der Waals surface area contributed by atoms with Gasteiger partial charge in [-0.05, 0) is 79.5 Å². The zero-order valence-corrected chi connectivity index (χ0v) is 22.4. The number of allylic oxidation sites excluding steroid dienone is 3. The molecule has 1 aromatic carbocycles. The van der Waals surface area contributed by atoms with Gasteiger partial charge in [-0.25, -0.2) is 14.6 Å². The highest BCUT2D eigenvalue weighted by Crippen LogP contribution is 2.43. The van der Waals surface area contributed by atoms with Crippen LogP contribution in [0.25, 0.3) is 22.3 Å². The molecule has 1 fully saturated rings. The lowest BCUT2D eigenvalue weighted by Crippen LogP contribution is -2.34. The summed E-state index contributed by atoms with van der Waals surface area (Å²) in [5.74, 6) is 2.37. The average molecular weight is 513 g/mol. The van der Waals surface area contributed by atoms with Crippen LogP contribution in [0.2, 0.25) is 0 Å². The lowest BCUT2D eigenvalue weighted by atomic mass is 9.72. The molecule has 1 saturated heterocycles. The predicted octanol–water partition coefficient (Wildman–Crippen LogP) is 5.70. The molecule has 3 aromatic rings. The maximum Gasteiger partial charge on any atom is 0.246 e. The molecule has 1 aliphatic heterocycles. The Morgan fingerprint density at radius 2 is 2.03 bits per heavy atom. The zero-order chi connectivity index (χ0) is 26.9. The summed E-state index contributed by atoms with van der Waals surface area (Å²) in [7, 11) is 0. The van der Waals surface area contributed by atoms with E-state index in [1.54, 1.807) is 0 Å². The second kappa shape index (κ2) is 10.4. The molecule has 3 heterocycles. The molecule has 8 nitrogen and oxygen atoms in total. The van der Waals surface area contributed by atoms with Gasteiger partial charge in [0, 0.05) is 18.7 Å². The molecule has 8 heteroatoms. The van der Waals surface area contributed by atoms with E-state index in [1.807, 2.05) is 39.9 Å². The Labute approximate surface area is 223 Å². The normalized spacial score (nSPS) is 21.8. The zero-order valence-electron chi connectivity index (χ0n) is 22.4. The van der Waals surface area contributed by atoms with Crippen molar-refractivity contribution in [3.05, 3.63) is 67.2 Å². The molecule has 2 unspecified atom stereocenters. The quantitative estimate of drug-likeness (QED) is 0.425. The van der Waals surface area contributed by atoms with E-state index in [9.17, 15) is 4.79 Å². The molecule has 5 rings (SSSR count). The van der Waals surface area contributed by atoms with Gasteiger partial charge in [-0.2, -0.15) is 5.10 Å². The minimum absolute atomic E-state index is 0.0269. The van der Waals surface area contributed by atoms with Gasteiger partial charge >= 0.3 is 0 Å². The van der Waals surface area contributed by atoms with Crippen molar-refractivity contribution in [3.63, 3.8) is 0 Å². The molecular formula is C30H36N6O2. The number of aromatic nitrogens is 4. The molecule has 2 N–H and O–H groups in total. The Morgan fingerprint density at radius 3 is 2.71 bits per heavy atom. The van der Waals surface area contributed by atoms with Crippen LogP contribution in [0.1, 0.15) is 52.5 Å². The highest BCUT2D eigenvalue weighted by Gasteiger charge is 2.38. The second-order valence-corrected chi connectivity index (χ2v) is 10.9. The summed E-state index contributed by atoms with van der Waals surface area (Å²) in [5, 5.41) is 5.80. The van der Waals surface area contributed by atoms with Crippen molar-refractivity contribution in [1.29, 1.82) is 0 Å². The number of ether oxygens (including phenoxy) is 1. The van der Waals surface area contributed by atoms with E-state index in [0.29, 0.717) is 30.5 Å². The van der Waals surface area contributed by atoms with Crippen LogP contribution in [0.4, 0.5) is 5.82 Å². The van der Waals surface area contributed by atoms with Gasteiger partial charge in [0.15, 0.2) is 5.65 Å². The van der Waals surface area contributed by atoms with E-state index >= 15 is 0 Å². The lowest BCUT2D eigenvalue weighted by Gasteiger charge is -2.34. The summed E-state index contributed by atoms with van der Waals surface area (Å²) in [4.78, 5) is 23.5. The topological polar surface area (TPSA) is 99.2 Å². The molecular weight excluding hydrogens is 476 g/mol. The maximum atomic E-state index is 12.7. The number of rotatable bonds is 6. The van der Waals surface area contributed by atoms with Crippen LogP contribution in [-0.4, -0.2) is 43.6 Å². The van der Waals surface area contributed by atoms with Crippen LogP contribution in [-0.2, 0) is 4.79 Å². The summed E-state index contributed by atoms with van der Waals surface area (Å²) in [6.07, 6.45) is 12.9. The molecule has 0 radical (unpaired) electrons. The number of likely N-dealkylation sites (tertiary alicyclic amines) is 1. The van der Waals surface area contributed by atoms with Crippen molar-refractivity contribution in [1.82, 2.24) is 24.6 Å². The summed E-state index contributed by atoms with van der Waals surface area (Å²) >= 11 is 0. The van der Waals surface area contributed by atoms with Crippen LogP contribution < -0.4 is 10.5 Å². The first-order chi connectivity index (χ1) is 18.3. The minimum Gasteiger partial charge on any atom is -0.458 e. The number of carbonyl (C=O) groups is 1. The van der Waals surface area contributed by atoms with E-state index in [-0.39, 0.29) is 17.4 Å². The predicted molar refractivity (Wildman–Crippen MR) is 150 cm³/mol. The third kappa shape index (κ3) is 4.95. The van der Waals surface area contributed by atoms with Gasteiger partial charge in [0.2, 0.25) is 5.91 Å². The van der Waals surface area contributed by atoms with Gasteiger partial charge < -0.3 is 15.4 Å². The first-order valence-corrected chi connectivity index (χ1v) is 13.3. The first kappa shape index (κ1) is 25.7. The highest BCUT2D eigenvalue weighted by atomic mass is 16.5. The van der Waals surface area contributed by atoms with Gasteiger partial charge in [-0.15, -0.1) is 0 Å². The SMILES string of the molecule is C=CC(=O)N1CCC(C)(C(C)C)CC(n2nc(-c3ccc(OC4=CCCC=C4)cc3)c3c(N)ncnc32)C1. The summed E-state index contributed by atoms with van der Waals surface area (Å²) in [5.41, 5.74) is 8.72. The number of hydrogen-bond acceptors (Lipinski definition) is 6. The van der Waals surface area contributed by atoms with Gasteiger partial charge in [-0.3, -0.25) is 4.79 Å². The fraction of sp³-hybridized carbons (Fsp3) is 0.400. The van der Waals surface area contributed by atoms with Gasteiger partial charge in [0.05, 0.1) is 11.4 Å². The number of nitrogen functional groups attached to an aromatic ring is 1. The monoisotopic (exact) mass is 512 g/mol. The number of fused-ring (bicyclic) bond motifs is 1. The van der Waals surface area contributed by atoms with Crippen LogP contribution in [0, 0.1) is 11.3 Å². The van der Waals surface area contributed by atoms with Gasteiger partial charge in [0.25, 0.3) is 0 Å². The van der Waals surface area contributed by atoms with E-state index in [0.717, 1.165) is 53.8 Å². The van der Waals surface area contributed by atoms with Gasteiger partial charge in [-0.1, -0.05) is 33.4 Å². The van der Waals surface area contributed by atoms with Crippen LogP contribution in [0.15, 0.2) is 67.2 Å². The number of nitrogens with zero attached hydrogens (tertiary/aromatic N) is 5.